The molecule has 3 aromatic heterocycles. The Hall–Kier alpha value is -4.27. The van der Waals surface area contributed by atoms with Gasteiger partial charge in [0, 0.05) is 77.5 Å². The third kappa shape index (κ3) is 7.27. The molecule has 1 aromatic carbocycles. The summed E-state index contributed by atoms with van der Waals surface area (Å²) in [5, 5.41) is 7.73. The topological polar surface area (TPSA) is 128 Å². The van der Waals surface area contributed by atoms with E-state index in [0.29, 0.717) is 37.4 Å². The number of esters is 1. The standard InChI is InChI=1S/C40H48F2N6O5S/c1-7-47-30-13-12-23-16-25(30)26(35(47)24-10-8-14-43-34(24)22(3)52-6)18-40(4,5)20-53-39(51)27-11-9-15-48(46-27)38(50)28(17-31-44-29(23)19-54-31)45-37(49)33-21(2)32(33)36(41)42/h8,10,12-14,16,19,21-22,27-28,32-33,36,46H,7,9,11,15,17-18,20H2,1-6H3,(H,45,49)/t21-,22+,27+,28+,32+,33+/m1/s1. The van der Waals surface area contributed by atoms with Crippen LogP contribution in [0.1, 0.15) is 69.8 Å². The molecule has 7 rings (SSSR count). The molecule has 2 fully saturated rings. The summed E-state index contributed by atoms with van der Waals surface area (Å²) in [6.45, 7) is 11.0. The van der Waals surface area contributed by atoms with E-state index in [0.717, 1.165) is 44.7 Å². The van der Waals surface area contributed by atoms with Gasteiger partial charge in [0.05, 0.1) is 34.8 Å². The summed E-state index contributed by atoms with van der Waals surface area (Å²) in [5.74, 6) is -3.92. The number of benzene rings is 1. The van der Waals surface area contributed by atoms with Gasteiger partial charge in [-0.1, -0.05) is 26.8 Å². The van der Waals surface area contributed by atoms with Gasteiger partial charge in [-0.2, -0.15) is 0 Å². The van der Waals surface area contributed by atoms with Crippen molar-refractivity contribution in [2.75, 3.05) is 20.3 Å². The highest BCUT2D eigenvalue weighted by atomic mass is 32.1. The minimum Gasteiger partial charge on any atom is -0.464 e. The first-order chi connectivity index (χ1) is 25.8. The van der Waals surface area contributed by atoms with E-state index < -0.39 is 59.5 Å². The van der Waals surface area contributed by atoms with Crippen LogP contribution in [0.4, 0.5) is 8.78 Å². The number of pyridine rings is 1. The molecule has 54 heavy (non-hydrogen) atoms. The fraction of sp³-hybridized carbons (Fsp3) is 0.525. The van der Waals surface area contributed by atoms with Crippen LogP contribution in [-0.2, 0) is 43.2 Å². The van der Waals surface area contributed by atoms with Crippen LogP contribution in [0.25, 0.3) is 33.4 Å². The minimum atomic E-state index is -2.62. The second-order valence-electron chi connectivity index (χ2n) is 15.6. The number of rotatable bonds is 7. The first-order valence-electron chi connectivity index (χ1n) is 18.7. The normalized spacial score (nSPS) is 25.0. The van der Waals surface area contributed by atoms with Crippen LogP contribution in [0.5, 0.6) is 0 Å². The van der Waals surface area contributed by atoms with Crippen molar-refractivity contribution >= 4 is 40.0 Å². The molecule has 6 atom stereocenters. The number of hydrazine groups is 1. The largest absolute Gasteiger partial charge is 0.464 e. The molecule has 5 heterocycles. The lowest BCUT2D eigenvalue weighted by Crippen LogP contribution is -2.60. The molecule has 1 saturated carbocycles. The van der Waals surface area contributed by atoms with Gasteiger partial charge in [-0.05, 0) is 68.9 Å². The van der Waals surface area contributed by atoms with E-state index in [2.05, 4.69) is 54.3 Å². The molecular weight excluding hydrogens is 715 g/mol. The van der Waals surface area contributed by atoms with Crippen LogP contribution in [-0.4, -0.2) is 76.1 Å². The van der Waals surface area contributed by atoms with E-state index in [9.17, 15) is 23.2 Å². The van der Waals surface area contributed by atoms with Crippen molar-refractivity contribution in [1.29, 1.82) is 0 Å². The predicted molar refractivity (Wildman–Crippen MR) is 201 cm³/mol. The average Bonchev–Trinajstić information content (AvgIpc) is 3.48. The number of amides is 2. The van der Waals surface area contributed by atoms with Crippen LogP contribution in [0.2, 0.25) is 0 Å². The van der Waals surface area contributed by atoms with Gasteiger partial charge in [0.1, 0.15) is 12.1 Å². The molecule has 2 aliphatic heterocycles. The summed E-state index contributed by atoms with van der Waals surface area (Å²) < 4.78 is 41.3. The number of aryl methyl sites for hydroxylation is 1. The summed E-state index contributed by atoms with van der Waals surface area (Å²) in [6, 6.07) is 8.44. The van der Waals surface area contributed by atoms with Gasteiger partial charge >= 0.3 is 5.97 Å². The van der Waals surface area contributed by atoms with Crippen molar-refractivity contribution < 1.29 is 32.6 Å². The quantitative estimate of drug-likeness (QED) is 0.209. The number of ether oxygens (including phenoxy) is 2. The Morgan fingerprint density at radius 2 is 2.04 bits per heavy atom. The Labute approximate surface area is 317 Å². The first kappa shape index (κ1) is 38.0. The lowest BCUT2D eigenvalue weighted by Gasteiger charge is -2.35. The number of methoxy groups -OCH3 is 1. The molecule has 0 radical (unpaired) electrons. The summed E-state index contributed by atoms with van der Waals surface area (Å²) in [7, 11) is 1.67. The van der Waals surface area contributed by atoms with Gasteiger partial charge in [0.25, 0.3) is 5.91 Å². The number of carbonyl (C=O) groups is 3. The van der Waals surface area contributed by atoms with Gasteiger partial charge in [-0.3, -0.25) is 24.4 Å². The summed E-state index contributed by atoms with van der Waals surface area (Å²) in [4.78, 5) is 50.7. The van der Waals surface area contributed by atoms with Crippen LogP contribution >= 0.6 is 11.3 Å². The van der Waals surface area contributed by atoms with E-state index in [1.165, 1.54) is 16.3 Å². The maximum Gasteiger partial charge on any atom is 0.324 e. The molecule has 0 unspecified atom stereocenters. The van der Waals surface area contributed by atoms with Gasteiger partial charge < -0.3 is 19.4 Å². The molecule has 2 N–H and O–H groups in total. The fourth-order valence-electron chi connectivity index (χ4n) is 8.13. The number of nitrogens with zero attached hydrogens (tertiary/aromatic N) is 4. The first-order valence-corrected chi connectivity index (χ1v) is 19.6. The Kier molecular flexibility index (Phi) is 10.6. The Morgan fingerprint density at radius 1 is 1.24 bits per heavy atom. The number of nitrogens with one attached hydrogen (secondary N) is 2. The number of carbonyl (C=O) groups excluding carboxylic acids is 3. The average molecular weight is 763 g/mol. The van der Waals surface area contributed by atoms with E-state index in [1.807, 2.05) is 24.4 Å². The van der Waals surface area contributed by atoms with Gasteiger partial charge in [0.2, 0.25) is 12.3 Å². The summed E-state index contributed by atoms with van der Waals surface area (Å²) in [5.41, 5.74) is 9.12. The second kappa shape index (κ2) is 15.1. The second-order valence-corrected chi connectivity index (χ2v) is 16.5. The summed E-state index contributed by atoms with van der Waals surface area (Å²) in [6.07, 6.45) is 0.533. The minimum absolute atomic E-state index is 0.0580. The van der Waals surface area contributed by atoms with Crippen LogP contribution < -0.4 is 10.7 Å². The van der Waals surface area contributed by atoms with Crippen LogP contribution in [0.3, 0.4) is 0 Å². The van der Waals surface area contributed by atoms with Crippen molar-refractivity contribution in [3.63, 3.8) is 0 Å². The van der Waals surface area contributed by atoms with Crippen LogP contribution in [0, 0.1) is 23.2 Å². The van der Waals surface area contributed by atoms with E-state index in [-0.39, 0.29) is 19.1 Å². The Morgan fingerprint density at radius 3 is 2.76 bits per heavy atom. The maximum atomic E-state index is 14.1. The number of hydrogen-bond acceptors (Lipinski definition) is 9. The molecule has 1 saturated heterocycles. The molecule has 2 amide bonds. The summed E-state index contributed by atoms with van der Waals surface area (Å²) >= 11 is 1.37. The number of alkyl halides is 2. The SMILES string of the molecule is CCn1c(-c2cccnc2[C@H](C)OC)c2c3cc(ccc31)-c1csc(n1)C[C@H](NC(=O)[C@H]1[C@H](C)[C@@H]1C(F)F)C(=O)N1CCC[C@H](N1)C(=O)OCC(C)(C)C2. The molecule has 1 aliphatic carbocycles. The molecule has 11 nitrogen and oxygen atoms in total. The van der Waals surface area contributed by atoms with Crippen molar-refractivity contribution in [2.24, 2.45) is 23.2 Å². The zero-order valence-electron chi connectivity index (χ0n) is 31.5. The number of aromatic nitrogens is 3. The lowest BCUT2D eigenvalue weighted by molar-refractivity contribution is -0.155. The highest BCUT2D eigenvalue weighted by Crippen LogP contribution is 2.50. The predicted octanol–water partition coefficient (Wildman–Crippen LogP) is 6.35. The third-order valence-corrected chi connectivity index (χ3v) is 12.1. The van der Waals surface area contributed by atoms with Crippen LogP contribution in [0.15, 0.2) is 41.9 Å². The molecule has 6 bridgehead atoms. The van der Waals surface area contributed by atoms with E-state index in [1.54, 1.807) is 20.2 Å². The maximum absolute atomic E-state index is 14.1. The molecule has 3 aliphatic rings. The number of hydrogen-bond donors (Lipinski definition) is 2. The van der Waals surface area contributed by atoms with E-state index in [4.69, 9.17) is 19.4 Å². The number of cyclic esters (lactones) is 1. The lowest BCUT2D eigenvalue weighted by atomic mass is 9.84. The van der Waals surface area contributed by atoms with Crippen molar-refractivity contribution in [3.05, 3.63) is 58.2 Å². The van der Waals surface area contributed by atoms with Crippen molar-refractivity contribution in [1.82, 2.24) is 30.3 Å². The highest BCUT2D eigenvalue weighted by molar-refractivity contribution is 7.10. The molecule has 0 spiro atoms. The molecule has 14 heteroatoms. The molecule has 4 aromatic rings. The number of thiazole rings is 1. The highest BCUT2D eigenvalue weighted by Gasteiger charge is 2.57. The Bertz CT molecular complexity index is 2060. The zero-order chi connectivity index (χ0) is 38.5. The van der Waals surface area contributed by atoms with Gasteiger partial charge in [0.15, 0.2) is 0 Å². The van der Waals surface area contributed by atoms with E-state index >= 15 is 0 Å². The van der Waals surface area contributed by atoms with Gasteiger partial charge in [-0.25, -0.2) is 19.2 Å². The zero-order valence-corrected chi connectivity index (χ0v) is 32.3. The molecule has 288 valence electrons. The fourth-order valence-corrected chi connectivity index (χ4v) is 8.98. The van der Waals surface area contributed by atoms with Gasteiger partial charge in [-0.15, -0.1) is 11.3 Å². The smallest absolute Gasteiger partial charge is 0.324 e. The van der Waals surface area contributed by atoms with Crippen molar-refractivity contribution in [3.8, 4) is 22.5 Å². The monoisotopic (exact) mass is 762 g/mol. The number of fused-ring (bicyclic) bond motifs is 6. The third-order valence-electron chi connectivity index (χ3n) is 11.2. The molecular formula is C40H48F2N6O5S. The Balaban J connectivity index is 1.33. The number of halogens is 2. The van der Waals surface area contributed by atoms with Crippen molar-refractivity contribution in [2.45, 2.75) is 91.5 Å².